The van der Waals surface area contributed by atoms with Gasteiger partial charge in [-0.3, -0.25) is 9.48 Å². The van der Waals surface area contributed by atoms with E-state index in [0.717, 1.165) is 0 Å². The van der Waals surface area contributed by atoms with E-state index < -0.39 is 28.9 Å². The molecule has 0 saturated carbocycles. The molecule has 0 aliphatic heterocycles. The SMILES string of the molecule is Cn1ncc(C(N)=S)c1NC(=O)c1c(F)cc(F)cc1F. The van der Waals surface area contributed by atoms with Crippen LogP contribution in [0.2, 0.25) is 0 Å². The van der Waals surface area contributed by atoms with E-state index in [4.69, 9.17) is 18.0 Å². The number of halogens is 3. The molecule has 0 fully saturated rings. The van der Waals surface area contributed by atoms with E-state index in [1.54, 1.807) is 0 Å². The Morgan fingerprint density at radius 2 is 1.90 bits per heavy atom. The van der Waals surface area contributed by atoms with E-state index in [1.165, 1.54) is 17.9 Å². The van der Waals surface area contributed by atoms with E-state index >= 15 is 0 Å². The first-order valence-electron chi connectivity index (χ1n) is 5.59. The molecule has 0 atom stereocenters. The third kappa shape index (κ3) is 2.87. The lowest BCUT2D eigenvalue weighted by Gasteiger charge is -2.09. The normalized spacial score (nSPS) is 10.5. The number of aryl methyl sites for hydroxylation is 1. The highest BCUT2D eigenvalue weighted by Crippen LogP contribution is 2.19. The van der Waals surface area contributed by atoms with Gasteiger partial charge in [-0.25, -0.2) is 13.2 Å². The number of aromatic nitrogens is 2. The van der Waals surface area contributed by atoms with Crippen LogP contribution in [0.5, 0.6) is 0 Å². The average Bonchev–Trinajstić information content (AvgIpc) is 2.69. The molecule has 2 aromatic rings. The third-order valence-corrected chi connectivity index (χ3v) is 2.89. The van der Waals surface area contributed by atoms with Crippen molar-refractivity contribution in [2.75, 3.05) is 5.32 Å². The van der Waals surface area contributed by atoms with Crippen molar-refractivity contribution < 1.29 is 18.0 Å². The van der Waals surface area contributed by atoms with Crippen LogP contribution in [-0.2, 0) is 7.05 Å². The predicted molar refractivity (Wildman–Crippen MR) is 73.4 cm³/mol. The summed E-state index contributed by atoms with van der Waals surface area (Å²) in [5.41, 5.74) is 4.78. The summed E-state index contributed by atoms with van der Waals surface area (Å²) in [5, 5.41) is 6.08. The number of hydrogen-bond donors (Lipinski definition) is 2. The van der Waals surface area contributed by atoms with Crippen LogP contribution in [0, 0.1) is 17.5 Å². The number of amides is 1. The summed E-state index contributed by atoms with van der Waals surface area (Å²) in [6.45, 7) is 0. The first kappa shape index (κ1) is 15.0. The van der Waals surface area contributed by atoms with Crippen molar-refractivity contribution in [2.24, 2.45) is 12.8 Å². The van der Waals surface area contributed by atoms with Crippen molar-refractivity contribution in [3.05, 3.63) is 46.9 Å². The topological polar surface area (TPSA) is 72.9 Å². The number of carbonyl (C=O) groups excluding carboxylic acids is 1. The molecule has 0 aliphatic rings. The van der Waals surface area contributed by atoms with Crippen molar-refractivity contribution in [1.82, 2.24) is 9.78 Å². The molecular weight excluding hydrogens is 305 g/mol. The summed E-state index contributed by atoms with van der Waals surface area (Å²) < 4.78 is 41.1. The molecule has 1 amide bonds. The van der Waals surface area contributed by atoms with Gasteiger partial charge in [0, 0.05) is 19.2 Å². The number of benzene rings is 1. The number of thiocarbonyl (C=S) groups is 1. The third-order valence-electron chi connectivity index (χ3n) is 2.67. The van der Waals surface area contributed by atoms with Gasteiger partial charge in [0.25, 0.3) is 5.91 Å². The first-order chi connectivity index (χ1) is 9.81. The Bertz CT molecular complexity index is 721. The molecule has 0 spiro atoms. The summed E-state index contributed by atoms with van der Waals surface area (Å²) >= 11 is 4.78. The summed E-state index contributed by atoms with van der Waals surface area (Å²) in [6.07, 6.45) is 1.30. The van der Waals surface area contributed by atoms with Crippen LogP contribution in [0.4, 0.5) is 19.0 Å². The van der Waals surface area contributed by atoms with Crippen LogP contribution in [0.15, 0.2) is 18.3 Å². The standard InChI is InChI=1S/C12H9F3N4OS/c1-19-11(6(4-17-19)10(16)21)18-12(20)9-7(14)2-5(13)3-8(9)15/h2-4H,1H3,(H2,16,21)(H,18,20). The van der Waals surface area contributed by atoms with Crippen molar-refractivity contribution in [3.8, 4) is 0 Å². The van der Waals surface area contributed by atoms with Crippen molar-refractivity contribution in [2.45, 2.75) is 0 Å². The molecule has 0 unspecified atom stereocenters. The second-order valence-corrected chi connectivity index (χ2v) is 4.53. The smallest absolute Gasteiger partial charge is 0.262 e. The zero-order valence-corrected chi connectivity index (χ0v) is 11.5. The second kappa shape index (κ2) is 5.52. The van der Waals surface area contributed by atoms with Gasteiger partial charge in [0.15, 0.2) is 0 Å². The molecule has 1 aromatic carbocycles. The lowest BCUT2D eigenvalue weighted by atomic mass is 10.1. The molecule has 21 heavy (non-hydrogen) atoms. The number of hydrogen-bond acceptors (Lipinski definition) is 3. The molecule has 3 N–H and O–H groups in total. The Kier molecular flexibility index (Phi) is 3.94. The number of nitrogens with zero attached hydrogens (tertiary/aromatic N) is 2. The molecule has 1 heterocycles. The minimum Gasteiger partial charge on any atom is -0.389 e. The van der Waals surface area contributed by atoms with Crippen molar-refractivity contribution >= 4 is 28.9 Å². The highest BCUT2D eigenvalue weighted by molar-refractivity contribution is 7.80. The van der Waals surface area contributed by atoms with Gasteiger partial charge < -0.3 is 11.1 Å². The fourth-order valence-corrected chi connectivity index (χ4v) is 1.84. The quantitative estimate of drug-likeness (QED) is 0.846. The van der Waals surface area contributed by atoms with Gasteiger partial charge in [0.05, 0.1) is 11.8 Å². The second-order valence-electron chi connectivity index (χ2n) is 4.09. The van der Waals surface area contributed by atoms with Gasteiger partial charge in [-0.05, 0) is 0 Å². The molecule has 0 saturated heterocycles. The maximum absolute atomic E-state index is 13.5. The fourth-order valence-electron chi connectivity index (χ4n) is 1.70. The minimum absolute atomic E-state index is 0.0431. The van der Waals surface area contributed by atoms with Gasteiger partial charge >= 0.3 is 0 Å². The molecule has 5 nitrogen and oxygen atoms in total. The van der Waals surface area contributed by atoms with Gasteiger partial charge in [0.2, 0.25) is 0 Å². The molecule has 0 bridgehead atoms. The number of nitrogens with two attached hydrogens (primary N) is 1. The van der Waals surface area contributed by atoms with Gasteiger partial charge in [0.1, 0.15) is 33.8 Å². The fraction of sp³-hybridized carbons (Fsp3) is 0.0833. The van der Waals surface area contributed by atoms with Crippen molar-refractivity contribution in [3.63, 3.8) is 0 Å². The predicted octanol–water partition coefficient (Wildman–Crippen LogP) is 1.72. The van der Waals surface area contributed by atoms with E-state index in [2.05, 4.69) is 10.4 Å². The molecule has 0 aliphatic carbocycles. The molecule has 2 rings (SSSR count). The van der Waals surface area contributed by atoms with Gasteiger partial charge in [-0.15, -0.1) is 0 Å². The first-order valence-corrected chi connectivity index (χ1v) is 5.99. The average molecular weight is 314 g/mol. The van der Waals surface area contributed by atoms with E-state index in [9.17, 15) is 18.0 Å². The highest BCUT2D eigenvalue weighted by Gasteiger charge is 2.21. The lowest BCUT2D eigenvalue weighted by Crippen LogP contribution is -2.21. The Labute approximate surface area is 122 Å². The highest BCUT2D eigenvalue weighted by atomic mass is 32.1. The van der Waals surface area contributed by atoms with Crippen LogP contribution < -0.4 is 11.1 Å². The van der Waals surface area contributed by atoms with Crippen LogP contribution in [0.1, 0.15) is 15.9 Å². The maximum atomic E-state index is 13.5. The largest absolute Gasteiger partial charge is 0.389 e. The van der Waals surface area contributed by atoms with E-state index in [1.807, 2.05) is 0 Å². The number of anilines is 1. The minimum atomic E-state index is -1.32. The summed E-state index contributed by atoms with van der Waals surface area (Å²) in [4.78, 5) is 11.9. The molecular formula is C12H9F3N4OS. The summed E-state index contributed by atoms with van der Waals surface area (Å²) in [6, 6.07) is 0.825. The van der Waals surface area contributed by atoms with E-state index in [0.29, 0.717) is 12.1 Å². The maximum Gasteiger partial charge on any atom is 0.262 e. The van der Waals surface area contributed by atoms with Crippen molar-refractivity contribution in [1.29, 1.82) is 0 Å². The van der Waals surface area contributed by atoms with Crippen LogP contribution in [0.25, 0.3) is 0 Å². The molecule has 1 aromatic heterocycles. The summed E-state index contributed by atoms with van der Waals surface area (Å²) in [5.74, 6) is -4.78. The Hall–Kier alpha value is -2.42. The Morgan fingerprint density at radius 1 is 1.33 bits per heavy atom. The molecule has 0 radical (unpaired) electrons. The van der Waals surface area contributed by atoms with Gasteiger partial charge in [-0.2, -0.15) is 5.10 Å². The van der Waals surface area contributed by atoms with E-state index in [-0.39, 0.29) is 16.4 Å². The van der Waals surface area contributed by atoms with Gasteiger partial charge in [-0.1, -0.05) is 12.2 Å². The Balaban J connectivity index is 2.40. The Morgan fingerprint density at radius 3 is 2.43 bits per heavy atom. The summed E-state index contributed by atoms with van der Waals surface area (Å²) in [7, 11) is 1.48. The molecule has 9 heteroatoms. The molecule has 110 valence electrons. The van der Waals surface area contributed by atoms with Crippen LogP contribution in [-0.4, -0.2) is 20.7 Å². The number of nitrogens with one attached hydrogen (secondary N) is 1. The lowest BCUT2D eigenvalue weighted by molar-refractivity contribution is 0.101. The zero-order chi connectivity index (χ0) is 15.7. The van der Waals surface area contributed by atoms with Crippen LogP contribution >= 0.6 is 12.2 Å². The zero-order valence-electron chi connectivity index (χ0n) is 10.7. The number of carbonyl (C=O) groups is 1. The number of rotatable bonds is 3. The van der Waals surface area contributed by atoms with Crippen LogP contribution in [0.3, 0.4) is 0 Å². The monoisotopic (exact) mass is 314 g/mol.